The summed E-state index contributed by atoms with van der Waals surface area (Å²) in [7, 11) is 0. The van der Waals surface area contributed by atoms with Crippen molar-refractivity contribution in [2.45, 2.75) is 6.92 Å². The van der Waals surface area contributed by atoms with E-state index in [0.29, 0.717) is 6.61 Å². The van der Waals surface area contributed by atoms with Crippen LogP contribution in [0, 0.1) is 6.07 Å². The topological polar surface area (TPSA) is 35.2 Å². The van der Waals surface area contributed by atoms with E-state index in [1.165, 1.54) is 0 Å². The Morgan fingerprint density at radius 3 is 2.31 bits per heavy atom. The Bertz CT molecular complexity index is 445. The molecule has 2 rings (SSSR count). The number of rotatable bonds is 3. The average Bonchev–Trinajstić information content (AvgIpc) is 2.32. The molecule has 0 heterocycles. The van der Waals surface area contributed by atoms with Gasteiger partial charge in [-0.3, -0.25) is 0 Å². The van der Waals surface area contributed by atoms with Crippen LogP contribution in [0.15, 0.2) is 42.5 Å². The summed E-state index contributed by atoms with van der Waals surface area (Å²) in [6.07, 6.45) is 0. The minimum Gasteiger partial charge on any atom is -0.493 e. The summed E-state index contributed by atoms with van der Waals surface area (Å²) in [6.45, 7) is 2.62. The van der Waals surface area contributed by atoms with Crippen LogP contribution in [-0.4, -0.2) is 6.61 Å². The maximum absolute atomic E-state index is 5.64. The van der Waals surface area contributed by atoms with Gasteiger partial charge in [-0.15, -0.1) is 0 Å². The molecular formula is C14H14NO. The number of nitrogens with two attached hydrogens (primary N) is 1. The van der Waals surface area contributed by atoms with Crippen molar-refractivity contribution in [1.29, 1.82) is 0 Å². The predicted molar refractivity (Wildman–Crippen MR) is 66.3 cm³/mol. The summed E-state index contributed by atoms with van der Waals surface area (Å²) in [5.74, 6) is 0.779. The number of ether oxygens (including phenoxy) is 1. The van der Waals surface area contributed by atoms with Crippen LogP contribution in [-0.2, 0) is 0 Å². The molecule has 0 saturated carbocycles. The molecule has 81 valence electrons. The summed E-state index contributed by atoms with van der Waals surface area (Å²) in [4.78, 5) is 0. The van der Waals surface area contributed by atoms with Gasteiger partial charge in [0, 0.05) is 11.8 Å². The quantitative estimate of drug-likeness (QED) is 0.793. The lowest BCUT2D eigenvalue weighted by Crippen LogP contribution is -1.91. The lowest BCUT2D eigenvalue weighted by Gasteiger charge is -2.05. The largest absolute Gasteiger partial charge is 0.493 e. The molecule has 0 atom stereocenters. The molecule has 0 aliphatic carbocycles. The Morgan fingerprint density at radius 1 is 1.06 bits per heavy atom. The number of nitrogen functional groups attached to an aromatic ring is 1. The number of anilines is 1. The van der Waals surface area contributed by atoms with Crippen LogP contribution in [0.2, 0.25) is 0 Å². The molecule has 2 N–H and O–H groups in total. The Hall–Kier alpha value is -1.96. The van der Waals surface area contributed by atoms with E-state index in [1.807, 2.05) is 49.4 Å². The first kappa shape index (κ1) is 10.6. The van der Waals surface area contributed by atoms with Gasteiger partial charge in [-0.05, 0) is 42.3 Å². The fourth-order valence-corrected chi connectivity index (χ4v) is 1.51. The van der Waals surface area contributed by atoms with Gasteiger partial charge >= 0.3 is 0 Å². The van der Waals surface area contributed by atoms with Crippen LogP contribution in [0.5, 0.6) is 5.75 Å². The van der Waals surface area contributed by atoms with Gasteiger partial charge in [0.25, 0.3) is 0 Å². The van der Waals surface area contributed by atoms with Crippen molar-refractivity contribution in [2.75, 3.05) is 12.3 Å². The molecule has 0 fully saturated rings. The van der Waals surface area contributed by atoms with Crippen LogP contribution < -0.4 is 10.5 Å². The zero-order chi connectivity index (χ0) is 11.4. The average molecular weight is 212 g/mol. The summed E-state index contributed by atoms with van der Waals surface area (Å²) < 4.78 is 5.34. The fraction of sp³-hybridized carbons (Fsp3) is 0.143. The van der Waals surface area contributed by atoms with E-state index in [2.05, 4.69) is 6.07 Å². The zero-order valence-corrected chi connectivity index (χ0v) is 9.23. The Labute approximate surface area is 95.7 Å². The highest BCUT2D eigenvalue weighted by atomic mass is 16.5. The van der Waals surface area contributed by atoms with Crippen molar-refractivity contribution in [3.8, 4) is 16.9 Å². The number of benzene rings is 2. The second kappa shape index (κ2) is 4.71. The molecule has 2 heteroatoms. The molecule has 2 nitrogen and oxygen atoms in total. The lowest BCUT2D eigenvalue weighted by atomic mass is 10.1. The highest BCUT2D eigenvalue weighted by Crippen LogP contribution is 2.22. The Kier molecular flexibility index (Phi) is 3.10. The highest BCUT2D eigenvalue weighted by molar-refractivity contribution is 5.65. The predicted octanol–water partition coefficient (Wildman–Crippen LogP) is 3.13. The van der Waals surface area contributed by atoms with E-state index in [9.17, 15) is 0 Å². The third kappa shape index (κ3) is 2.34. The number of hydrogen-bond acceptors (Lipinski definition) is 2. The minimum atomic E-state index is 0.664. The molecule has 0 spiro atoms. The van der Waals surface area contributed by atoms with Crippen LogP contribution in [0.4, 0.5) is 5.69 Å². The lowest BCUT2D eigenvalue weighted by molar-refractivity contribution is 0.339. The van der Waals surface area contributed by atoms with Gasteiger partial charge in [-0.1, -0.05) is 18.2 Å². The molecule has 1 radical (unpaired) electrons. The SMILES string of the molecule is CCOc1[c]cc(-c2ccc(N)cc2)cc1. The molecule has 2 aromatic carbocycles. The third-order valence-corrected chi connectivity index (χ3v) is 2.33. The fourth-order valence-electron chi connectivity index (χ4n) is 1.51. The summed E-state index contributed by atoms with van der Waals surface area (Å²) in [5.41, 5.74) is 8.66. The monoisotopic (exact) mass is 212 g/mol. The number of hydrogen-bond donors (Lipinski definition) is 1. The molecule has 0 aromatic heterocycles. The van der Waals surface area contributed by atoms with E-state index in [4.69, 9.17) is 10.5 Å². The summed E-state index contributed by atoms with van der Waals surface area (Å²) in [5, 5.41) is 0. The van der Waals surface area contributed by atoms with Gasteiger partial charge < -0.3 is 10.5 Å². The molecule has 16 heavy (non-hydrogen) atoms. The van der Waals surface area contributed by atoms with Gasteiger partial charge in [0.15, 0.2) is 0 Å². The van der Waals surface area contributed by atoms with Crippen molar-refractivity contribution >= 4 is 5.69 Å². The molecule has 0 aliphatic rings. The summed E-state index contributed by atoms with van der Waals surface area (Å²) in [6, 6.07) is 16.8. The smallest absolute Gasteiger partial charge is 0.127 e. The maximum Gasteiger partial charge on any atom is 0.127 e. The van der Waals surface area contributed by atoms with Crippen LogP contribution in [0.1, 0.15) is 6.92 Å². The Balaban J connectivity index is 2.24. The first-order chi connectivity index (χ1) is 7.79. The van der Waals surface area contributed by atoms with E-state index in [-0.39, 0.29) is 0 Å². The Morgan fingerprint density at radius 2 is 1.75 bits per heavy atom. The first-order valence-corrected chi connectivity index (χ1v) is 5.30. The molecule has 0 aliphatic heterocycles. The van der Waals surface area contributed by atoms with Gasteiger partial charge in [-0.25, -0.2) is 0 Å². The van der Waals surface area contributed by atoms with E-state index >= 15 is 0 Å². The van der Waals surface area contributed by atoms with Crippen LogP contribution in [0.3, 0.4) is 0 Å². The van der Waals surface area contributed by atoms with Crippen molar-refractivity contribution in [1.82, 2.24) is 0 Å². The molecular weight excluding hydrogens is 198 g/mol. The normalized spacial score (nSPS) is 10.1. The minimum absolute atomic E-state index is 0.664. The van der Waals surface area contributed by atoms with Gasteiger partial charge in [0.2, 0.25) is 0 Å². The second-order valence-electron chi connectivity index (χ2n) is 3.50. The van der Waals surface area contributed by atoms with E-state index in [1.54, 1.807) is 0 Å². The van der Waals surface area contributed by atoms with Gasteiger partial charge in [0.05, 0.1) is 6.61 Å². The van der Waals surface area contributed by atoms with Crippen LogP contribution >= 0.6 is 0 Å². The van der Waals surface area contributed by atoms with Crippen molar-refractivity contribution in [2.24, 2.45) is 0 Å². The van der Waals surface area contributed by atoms with E-state index < -0.39 is 0 Å². The molecule has 0 amide bonds. The summed E-state index contributed by atoms with van der Waals surface area (Å²) >= 11 is 0. The maximum atomic E-state index is 5.64. The van der Waals surface area contributed by atoms with Gasteiger partial charge in [-0.2, -0.15) is 0 Å². The van der Waals surface area contributed by atoms with Gasteiger partial charge in [0.1, 0.15) is 5.75 Å². The second-order valence-corrected chi connectivity index (χ2v) is 3.50. The molecule has 0 bridgehead atoms. The third-order valence-electron chi connectivity index (χ3n) is 2.33. The molecule has 0 saturated heterocycles. The van der Waals surface area contributed by atoms with Crippen LogP contribution in [0.25, 0.3) is 11.1 Å². The standard InChI is InChI=1S/C14H14NO/c1-2-16-14-9-5-12(6-10-14)11-3-7-13(15)8-4-11/h3-9H,2,15H2,1H3. The first-order valence-electron chi connectivity index (χ1n) is 5.30. The molecule has 0 unspecified atom stereocenters. The van der Waals surface area contributed by atoms with Crippen molar-refractivity contribution in [3.63, 3.8) is 0 Å². The van der Waals surface area contributed by atoms with E-state index in [0.717, 1.165) is 22.6 Å². The van der Waals surface area contributed by atoms with Crippen molar-refractivity contribution < 1.29 is 4.74 Å². The zero-order valence-electron chi connectivity index (χ0n) is 9.23. The molecule has 2 aromatic rings. The van der Waals surface area contributed by atoms with Crippen molar-refractivity contribution in [3.05, 3.63) is 48.5 Å². The highest BCUT2D eigenvalue weighted by Gasteiger charge is 1.98.